The van der Waals surface area contributed by atoms with Crippen molar-refractivity contribution in [2.24, 2.45) is 0 Å². The predicted molar refractivity (Wildman–Crippen MR) is 108 cm³/mol. The summed E-state index contributed by atoms with van der Waals surface area (Å²) in [6, 6.07) is 9.63. The summed E-state index contributed by atoms with van der Waals surface area (Å²) in [6.07, 6.45) is 1.57. The number of amides is 1. The highest BCUT2D eigenvalue weighted by molar-refractivity contribution is 7.91. The van der Waals surface area contributed by atoms with E-state index in [0.29, 0.717) is 12.2 Å². The first-order chi connectivity index (χ1) is 13.3. The van der Waals surface area contributed by atoms with Crippen LogP contribution >= 0.6 is 0 Å². The second kappa shape index (κ2) is 9.27. The van der Waals surface area contributed by atoms with Crippen LogP contribution in [-0.2, 0) is 14.6 Å². The van der Waals surface area contributed by atoms with Gasteiger partial charge in [-0.05, 0) is 31.2 Å². The van der Waals surface area contributed by atoms with Crippen LogP contribution in [0.1, 0.15) is 5.56 Å². The Kier molecular flexibility index (Phi) is 7.06. The van der Waals surface area contributed by atoms with Crippen molar-refractivity contribution in [1.82, 2.24) is 5.32 Å². The minimum atomic E-state index is -3.92. The van der Waals surface area contributed by atoms with Crippen LogP contribution in [0.4, 0.5) is 5.69 Å². The van der Waals surface area contributed by atoms with Gasteiger partial charge in [0.15, 0.2) is 10.6 Å². The molecule has 0 heterocycles. The van der Waals surface area contributed by atoms with Crippen LogP contribution < -0.4 is 20.1 Å². The zero-order valence-electron chi connectivity index (χ0n) is 16.1. The summed E-state index contributed by atoms with van der Waals surface area (Å²) < 4.78 is 37.2. The van der Waals surface area contributed by atoms with E-state index in [-0.39, 0.29) is 33.7 Å². The van der Waals surface area contributed by atoms with Crippen molar-refractivity contribution in [3.05, 3.63) is 54.6 Å². The number of hydrogen-bond donors (Lipinski definition) is 2. The summed E-state index contributed by atoms with van der Waals surface area (Å²) in [5, 5.41) is 5.54. The molecule has 0 saturated carbocycles. The molecule has 150 valence electrons. The molecule has 0 radical (unpaired) electrons. The highest BCUT2D eigenvalue weighted by Crippen LogP contribution is 2.42. The highest BCUT2D eigenvalue weighted by Gasteiger charge is 2.29. The molecule has 0 bridgehead atoms. The summed E-state index contributed by atoms with van der Waals surface area (Å²) in [6.45, 7) is 5.69. The summed E-state index contributed by atoms with van der Waals surface area (Å²) in [4.78, 5) is 11.8. The van der Waals surface area contributed by atoms with E-state index < -0.39 is 9.84 Å². The average molecular weight is 404 g/mol. The lowest BCUT2D eigenvalue weighted by Gasteiger charge is -2.18. The van der Waals surface area contributed by atoms with Crippen LogP contribution in [0.5, 0.6) is 11.5 Å². The van der Waals surface area contributed by atoms with E-state index in [0.717, 1.165) is 5.56 Å². The average Bonchev–Trinajstić information content (AvgIpc) is 2.70. The second-order valence-electron chi connectivity index (χ2n) is 5.94. The maximum atomic E-state index is 13.3. The van der Waals surface area contributed by atoms with E-state index >= 15 is 0 Å². The van der Waals surface area contributed by atoms with Crippen molar-refractivity contribution < 1.29 is 22.7 Å². The molecule has 28 heavy (non-hydrogen) atoms. The van der Waals surface area contributed by atoms with Gasteiger partial charge in [-0.2, -0.15) is 0 Å². The van der Waals surface area contributed by atoms with Crippen molar-refractivity contribution in [3.8, 4) is 11.5 Å². The summed E-state index contributed by atoms with van der Waals surface area (Å²) in [7, 11) is -1.17. The Bertz CT molecular complexity index is 953. The molecule has 0 aliphatic rings. The number of hydrogen-bond acceptors (Lipinski definition) is 6. The minimum Gasteiger partial charge on any atom is -0.495 e. The lowest BCUT2D eigenvalue weighted by atomic mass is 10.2. The van der Waals surface area contributed by atoms with Gasteiger partial charge in [-0.15, -0.1) is 6.58 Å². The maximum Gasteiger partial charge on any atom is 0.239 e. The highest BCUT2D eigenvalue weighted by atomic mass is 32.2. The van der Waals surface area contributed by atoms with Gasteiger partial charge >= 0.3 is 0 Å². The molecule has 7 nitrogen and oxygen atoms in total. The number of benzene rings is 2. The Morgan fingerprint density at radius 1 is 1.11 bits per heavy atom. The molecule has 0 fully saturated rings. The quantitative estimate of drug-likeness (QED) is 0.624. The topological polar surface area (TPSA) is 93.7 Å². The van der Waals surface area contributed by atoms with Crippen molar-refractivity contribution in [2.45, 2.75) is 16.7 Å². The molecule has 2 N–H and O–H groups in total. The smallest absolute Gasteiger partial charge is 0.239 e. The van der Waals surface area contributed by atoms with Gasteiger partial charge in [-0.3, -0.25) is 4.79 Å². The van der Waals surface area contributed by atoms with E-state index in [4.69, 9.17) is 9.47 Å². The van der Waals surface area contributed by atoms with Crippen molar-refractivity contribution in [2.75, 3.05) is 32.6 Å². The largest absolute Gasteiger partial charge is 0.495 e. The van der Waals surface area contributed by atoms with Gasteiger partial charge in [-0.1, -0.05) is 23.8 Å². The Balaban J connectivity index is 2.48. The number of carbonyl (C=O) groups excluding carboxylic acids is 1. The molecule has 8 heteroatoms. The zero-order valence-corrected chi connectivity index (χ0v) is 16.9. The Morgan fingerprint density at radius 2 is 1.79 bits per heavy atom. The van der Waals surface area contributed by atoms with Crippen molar-refractivity contribution in [1.29, 1.82) is 0 Å². The van der Waals surface area contributed by atoms with Crippen LogP contribution in [0.15, 0.2) is 58.8 Å². The van der Waals surface area contributed by atoms with Gasteiger partial charge in [0.25, 0.3) is 0 Å². The van der Waals surface area contributed by atoms with Crippen LogP contribution in [0.3, 0.4) is 0 Å². The molecule has 0 atom stereocenters. The number of nitrogens with one attached hydrogen (secondary N) is 2. The van der Waals surface area contributed by atoms with Gasteiger partial charge in [0, 0.05) is 6.54 Å². The van der Waals surface area contributed by atoms with Gasteiger partial charge in [0.2, 0.25) is 15.7 Å². The second-order valence-corrected chi connectivity index (χ2v) is 7.83. The third-order valence-electron chi connectivity index (χ3n) is 3.98. The van der Waals surface area contributed by atoms with Crippen LogP contribution in [-0.4, -0.2) is 41.6 Å². The third kappa shape index (κ3) is 4.64. The molecule has 0 aliphatic carbocycles. The van der Waals surface area contributed by atoms with E-state index in [1.54, 1.807) is 24.3 Å². The Labute approximate surface area is 165 Å². The van der Waals surface area contributed by atoms with Gasteiger partial charge < -0.3 is 20.1 Å². The fourth-order valence-electron chi connectivity index (χ4n) is 2.56. The van der Waals surface area contributed by atoms with E-state index in [1.807, 2.05) is 6.92 Å². The van der Waals surface area contributed by atoms with Gasteiger partial charge in [0.05, 0.1) is 31.3 Å². The van der Waals surface area contributed by atoms with E-state index in [9.17, 15) is 13.2 Å². The molecule has 0 aliphatic heterocycles. The molecular formula is C20H24N2O5S. The lowest BCUT2D eigenvalue weighted by molar-refractivity contribution is -0.119. The van der Waals surface area contributed by atoms with Crippen LogP contribution in [0.25, 0.3) is 0 Å². The molecular weight excluding hydrogens is 380 g/mol. The fraction of sp³-hybridized carbons (Fsp3) is 0.250. The fourth-order valence-corrected chi connectivity index (χ4v) is 4.14. The number of anilines is 1. The monoisotopic (exact) mass is 404 g/mol. The maximum absolute atomic E-state index is 13.3. The van der Waals surface area contributed by atoms with Gasteiger partial charge in [0.1, 0.15) is 5.75 Å². The first kappa shape index (κ1) is 21.3. The van der Waals surface area contributed by atoms with Crippen LogP contribution in [0.2, 0.25) is 0 Å². The minimum absolute atomic E-state index is 0.0550. The Morgan fingerprint density at radius 3 is 2.36 bits per heavy atom. The predicted octanol–water partition coefficient (Wildman–Crippen LogP) is 2.56. The molecule has 1 amide bonds. The van der Waals surface area contributed by atoms with Crippen LogP contribution in [0, 0.1) is 6.92 Å². The lowest BCUT2D eigenvalue weighted by Crippen LogP contribution is -2.29. The molecule has 2 aromatic carbocycles. The summed E-state index contributed by atoms with van der Waals surface area (Å²) >= 11 is 0. The summed E-state index contributed by atoms with van der Waals surface area (Å²) in [5.74, 6) is -0.0313. The summed E-state index contributed by atoms with van der Waals surface area (Å²) in [5.41, 5.74) is 1.31. The number of aryl methyl sites for hydroxylation is 1. The standard InChI is InChI=1S/C20H24N2O5S/c1-5-12-21-18(23)13-22-16-10-11-17(26-3)20(19(16)27-4)28(24,25)15-8-6-14(2)7-9-15/h5-11,22H,1,12-13H2,2-4H3,(H,21,23). The number of rotatable bonds is 9. The zero-order chi connectivity index (χ0) is 20.7. The third-order valence-corrected chi connectivity index (χ3v) is 5.80. The van der Waals surface area contributed by atoms with Crippen molar-refractivity contribution >= 4 is 21.4 Å². The van der Waals surface area contributed by atoms with Crippen molar-refractivity contribution in [3.63, 3.8) is 0 Å². The number of methoxy groups -OCH3 is 2. The first-order valence-corrected chi connectivity index (χ1v) is 10.0. The molecule has 0 aromatic heterocycles. The van der Waals surface area contributed by atoms with Gasteiger partial charge in [-0.25, -0.2) is 8.42 Å². The number of carbonyl (C=O) groups is 1. The molecule has 0 spiro atoms. The number of sulfone groups is 1. The van der Waals surface area contributed by atoms with E-state index in [1.165, 1.54) is 32.4 Å². The SMILES string of the molecule is C=CCNC(=O)CNc1ccc(OC)c(S(=O)(=O)c2ccc(C)cc2)c1OC. The molecule has 2 rings (SSSR count). The normalized spacial score (nSPS) is 10.8. The molecule has 2 aromatic rings. The first-order valence-electron chi connectivity index (χ1n) is 8.53. The Hall–Kier alpha value is -3.00. The number of ether oxygens (including phenoxy) is 2. The van der Waals surface area contributed by atoms with E-state index in [2.05, 4.69) is 17.2 Å². The molecule has 0 unspecified atom stereocenters. The molecule has 0 saturated heterocycles.